The zero-order valence-electron chi connectivity index (χ0n) is 17.7. The van der Waals surface area contributed by atoms with Gasteiger partial charge in [-0.2, -0.15) is 0 Å². The second-order valence-corrected chi connectivity index (χ2v) is 10.2. The summed E-state index contributed by atoms with van der Waals surface area (Å²) in [5.74, 6) is 0.769. The van der Waals surface area contributed by atoms with Crippen LogP contribution in [0.5, 0.6) is 5.75 Å². The highest BCUT2D eigenvalue weighted by molar-refractivity contribution is 6.48. The van der Waals surface area contributed by atoms with Crippen LogP contribution in [0.15, 0.2) is 66.7 Å². The lowest BCUT2D eigenvalue weighted by Gasteiger charge is -2.26. The molecular formula is C25H32O3Si. The summed E-state index contributed by atoms with van der Waals surface area (Å²) in [6, 6.07) is 22.5. The molecular weight excluding hydrogens is 376 g/mol. The van der Waals surface area contributed by atoms with E-state index in [2.05, 4.69) is 62.5 Å². The van der Waals surface area contributed by atoms with Crippen LogP contribution in [-0.4, -0.2) is 20.3 Å². The Morgan fingerprint density at radius 2 is 1.72 bits per heavy atom. The zero-order valence-corrected chi connectivity index (χ0v) is 18.8. The lowest BCUT2D eigenvalue weighted by atomic mass is 10.00. The molecule has 3 nitrogen and oxygen atoms in total. The fourth-order valence-electron chi connectivity index (χ4n) is 3.55. The highest BCUT2D eigenvalue weighted by Gasteiger charge is 2.22. The second kappa shape index (κ2) is 10.6. The third-order valence-electron chi connectivity index (χ3n) is 5.06. The summed E-state index contributed by atoms with van der Waals surface area (Å²) in [5, 5.41) is 13.4. The minimum absolute atomic E-state index is 0.141. The summed E-state index contributed by atoms with van der Waals surface area (Å²) in [7, 11) is -1.23. The number of hydrogen-bond acceptors (Lipinski definition) is 3. The maximum atomic E-state index is 10.9. The van der Waals surface area contributed by atoms with Crippen LogP contribution in [0.2, 0.25) is 13.1 Å². The maximum Gasteiger partial charge on any atom is 0.171 e. The molecule has 0 heterocycles. The van der Waals surface area contributed by atoms with Crippen molar-refractivity contribution < 1.29 is 14.3 Å². The number of rotatable bonds is 10. The first-order valence-corrected chi connectivity index (χ1v) is 13.4. The number of benzene rings is 3. The summed E-state index contributed by atoms with van der Waals surface area (Å²) in [6.07, 6.45) is 2.27. The standard InChI is InChI=1S/C25H32O3Si/c1-4-5-13-24(28-29(2)3)25(26)22-11-8-12-23(17-22)27-18-19-14-15-20-9-6-7-10-21(20)16-19/h6-12,14-17,24-26,29H,4-5,13,18H2,1-3H3. The van der Waals surface area contributed by atoms with E-state index in [1.165, 1.54) is 10.8 Å². The summed E-state index contributed by atoms with van der Waals surface area (Å²) in [4.78, 5) is 0. The quantitative estimate of drug-likeness (QED) is 0.417. The van der Waals surface area contributed by atoms with Crippen molar-refractivity contribution in [2.75, 3.05) is 0 Å². The first-order chi connectivity index (χ1) is 14.1. The van der Waals surface area contributed by atoms with Gasteiger partial charge < -0.3 is 14.3 Å². The lowest BCUT2D eigenvalue weighted by Crippen LogP contribution is -2.27. The van der Waals surface area contributed by atoms with E-state index in [1.54, 1.807) is 0 Å². The van der Waals surface area contributed by atoms with Gasteiger partial charge in [-0.05, 0) is 59.6 Å². The summed E-state index contributed by atoms with van der Waals surface area (Å²) in [5.41, 5.74) is 1.99. The third kappa shape index (κ3) is 6.17. The largest absolute Gasteiger partial charge is 0.489 e. The molecule has 0 aliphatic heterocycles. The van der Waals surface area contributed by atoms with Crippen LogP contribution >= 0.6 is 0 Å². The van der Waals surface area contributed by atoms with Gasteiger partial charge in [-0.1, -0.05) is 68.3 Å². The van der Waals surface area contributed by atoms with Crippen molar-refractivity contribution in [2.24, 2.45) is 0 Å². The number of aliphatic hydroxyl groups is 1. The first-order valence-electron chi connectivity index (χ1n) is 10.6. The van der Waals surface area contributed by atoms with Crippen molar-refractivity contribution in [2.45, 2.75) is 58.1 Å². The van der Waals surface area contributed by atoms with Crippen molar-refractivity contribution in [3.8, 4) is 5.75 Å². The van der Waals surface area contributed by atoms with E-state index in [-0.39, 0.29) is 6.10 Å². The number of fused-ring (bicyclic) bond motifs is 1. The molecule has 29 heavy (non-hydrogen) atoms. The Morgan fingerprint density at radius 3 is 2.48 bits per heavy atom. The van der Waals surface area contributed by atoms with Crippen molar-refractivity contribution in [3.05, 3.63) is 77.9 Å². The molecule has 4 heteroatoms. The molecule has 2 unspecified atom stereocenters. The molecule has 0 saturated heterocycles. The Labute approximate surface area is 176 Å². The Hall–Kier alpha value is -2.14. The number of hydrogen-bond donors (Lipinski definition) is 1. The van der Waals surface area contributed by atoms with E-state index in [9.17, 15) is 5.11 Å². The van der Waals surface area contributed by atoms with E-state index in [0.29, 0.717) is 6.61 Å². The van der Waals surface area contributed by atoms with E-state index in [4.69, 9.17) is 9.16 Å². The third-order valence-corrected chi connectivity index (χ3v) is 5.95. The smallest absolute Gasteiger partial charge is 0.171 e. The van der Waals surface area contributed by atoms with E-state index in [1.807, 2.05) is 24.3 Å². The minimum atomic E-state index is -1.23. The number of aliphatic hydroxyl groups excluding tert-OH is 1. The topological polar surface area (TPSA) is 38.7 Å². The number of unbranched alkanes of at least 4 members (excludes halogenated alkanes) is 1. The van der Waals surface area contributed by atoms with Gasteiger partial charge >= 0.3 is 0 Å². The van der Waals surface area contributed by atoms with Crippen molar-refractivity contribution >= 4 is 19.8 Å². The second-order valence-electron chi connectivity index (χ2n) is 7.85. The van der Waals surface area contributed by atoms with Gasteiger partial charge in [0, 0.05) is 0 Å². The Morgan fingerprint density at radius 1 is 0.931 bits per heavy atom. The Bertz CT molecular complexity index is 909. The molecule has 0 saturated carbocycles. The van der Waals surface area contributed by atoms with Gasteiger partial charge in [-0.3, -0.25) is 0 Å². The highest BCUT2D eigenvalue weighted by Crippen LogP contribution is 2.27. The summed E-state index contributed by atoms with van der Waals surface area (Å²) in [6.45, 7) is 6.96. The monoisotopic (exact) mass is 408 g/mol. The fraction of sp³-hybridized carbons (Fsp3) is 0.360. The average Bonchev–Trinajstić information content (AvgIpc) is 2.74. The van der Waals surface area contributed by atoms with Crippen LogP contribution in [0, 0.1) is 0 Å². The summed E-state index contributed by atoms with van der Waals surface area (Å²) >= 11 is 0. The maximum absolute atomic E-state index is 10.9. The van der Waals surface area contributed by atoms with E-state index >= 15 is 0 Å². The van der Waals surface area contributed by atoms with Crippen LogP contribution in [0.1, 0.15) is 43.4 Å². The van der Waals surface area contributed by atoms with Crippen molar-refractivity contribution in [3.63, 3.8) is 0 Å². The SMILES string of the molecule is CCCCC(O[SiH](C)C)C(O)c1cccc(OCc2ccc3ccccc3c2)c1. The fourth-order valence-corrected chi connectivity index (χ4v) is 4.54. The molecule has 0 spiro atoms. The minimum Gasteiger partial charge on any atom is -0.489 e. The van der Waals surface area contributed by atoms with Gasteiger partial charge in [0.25, 0.3) is 0 Å². The number of ether oxygens (including phenoxy) is 1. The van der Waals surface area contributed by atoms with Crippen LogP contribution in [0.25, 0.3) is 10.8 Å². The lowest BCUT2D eigenvalue weighted by molar-refractivity contribution is 0.0280. The van der Waals surface area contributed by atoms with Crippen molar-refractivity contribution in [1.29, 1.82) is 0 Å². The van der Waals surface area contributed by atoms with Gasteiger partial charge in [-0.15, -0.1) is 0 Å². The van der Waals surface area contributed by atoms with Crippen LogP contribution in [-0.2, 0) is 11.0 Å². The highest BCUT2D eigenvalue weighted by atomic mass is 28.3. The van der Waals surface area contributed by atoms with Crippen LogP contribution in [0.4, 0.5) is 0 Å². The molecule has 0 aliphatic rings. The zero-order chi connectivity index (χ0) is 20.6. The molecule has 0 fully saturated rings. The Balaban J connectivity index is 1.68. The van der Waals surface area contributed by atoms with Gasteiger partial charge in [-0.25, -0.2) is 0 Å². The molecule has 2 atom stereocenters. The molecule has 3 rings (SSSR count). The summed E-state index contributed by atoms with van der Waals surface area (Å²) < 4.78 is 12.2. The van der Waals surface area contributed by atoms with Gasteiger partial charge in [0.15, 0.2) is 9.04 Å². The van der Waals surface area contributed by atoms with Gasteiger partial charge in [0.1, 0.15) is 18.5 Å². The Kier molecular flexibility index (Phi) is 7.87. The molecule has 154 valence electrons. The van der Waals surface area contributed by atoms with E-state index in [0.717, 1.165) is 36.1 Å². The molecule has 0 aromatic heterocycles. The average molecular weight is 409 g/mol. The molecule has 3 aromatic rings. The molecule has 0 radical (unpaired) electrons. The molecule has 0 aliphatic carbocycles. The normalized spacial score (nSPS) is 13.6. The molecule has 1 N–H and O–H groups in total. The first kappa shape index (κ1) is 21.6. The van der Waals surface area contributed by atoms with Crippen LogP contribution in [0.3, 0.4) is 0 Å². The molecule has 3 aromatic carbocycles. The van der Waals surface area contributed by atoms with Gasteiger partial charge in [0.2, 0.25) is 0 Å². The predicted octanol–water partition coefficient (Wildman–Crippen LogP) is 6.01. The molecule has 0 bridgehead atoms. The van der Waals surface area contributed by atoms with Crippen molar-refractivity contribution in [1.82, 2.24) is 0 Å². The van der Waals surface area contributed by atoms with Gasteiger partial charge in [0.05, 0.1) is 6.10 Å². The molecule has 0 amide bonds. The van der Waals surface area contributed by atoms with Crippen LogP contribution < -0.4 is 4.74 Å². The van der Waals surface area contributed by atoms with E-state index < -0.39 is 15.1 Å². The predicted molar refractivity (Wildman–Crippen MR) is 123 cm³/mol.